The molecule has 4 rings (SSSR count). The number of nitrogens with one attached hydrogen (secondary N) is 3. The van der Waals surface area contributed by atoms with Crippen molar-refractivity contribution in [2.24, 2.45) is 5.92 Å². The second kappa shape index (κ2) is 14.7. The van der Waals surface area contributed by atoms with E-state index < -0.39 is 5.97 Å². The van der Waals surface area contributed by atoms with Gasteiger partial charge in [-0.25, -0.2) is 0 Å². The molecule has 208 valence electrons. The van der Waals surface area contributed by atoms with Crippen molar-refractivity contribution in [1.29, 1.82) is 0 Å². The fourth-order valence-corrected chi connectivity index (χ4v) is 5.96. The summed E-state index contributed by atoms with van der Waals surface area (Å²) in [5, 5.41) is 19.9. The van der Waals surface area contributed by atoms with Crippen LogP contribution in [0.5, 0.6) is 0 Å². The Morgan fingerprint density at radius 3 is 2.30 bits per heavy atom. The molecular weight excluding hydrogens is 468 g/mol. The smallest absolute Gasteiger partial charge is 0.304 e. The maximum atomic E-state index is 10.8. The molecule has 2 saturated carbocycles. The van der Waals surface area contributed by atoms with E-state index in [9.17, 15) is 4.79 Å². The maximum absolute atomic E-state index is 10.8. The molecular formula is C27H48N8O2. The van der Waals surface area contributed by atoms with Gasteiger partial charge >= 0.3 is 5.97 Å². The van der Waals surface area contributed by atoms with Crippen LogP contribution in [0, 0.1) is 5.92 Å². The number of nitrogen functional groups attached to an aromatic ring is 1. The van der Waals surface area contributed by atoms with E-state index in [1.807, 2.05) is 6.07 Å². The number of rotatable bonds is 13. The molecule has 10 heteroatoms. The molecule has 0 radical (unpaired) electrons. The lowest BCUT2D eigenvalue weighted by atomic mass is 9.86. The number of nitrogens with two attached hydrogens (primary N) is 1. The molecule has 3 fully saturated rings. The molecule has 0 atom stereocenters. The van der Waals surface area contributed by atoms with Crippen LogP contribution in [-0.4, -0.2) is 90.4 Å². The topological polar surface area (TPSA) is 132 Å². The molecule has 0 aromatic carbocycles. The summed E-state index contributed by atoms with van der Waals surface area (Å²) in [6.45, 7) is 7.00. The van der Waals surface area contributed by atoms with Gasteiger partial charge in [0.25, 0.3) is 0 Å². The molecule has 0 bridgehead atoms. The van der Waals surface area contributed by atoms with Crippen LogP contribution in [0.3, 0.4) is 0 Å². The molecule has 37 heavy (non-hydrogen) atoms. The van der Waals surface area contributed by atoms with Gasteiger partial charge in [0.05, 0.1) is 6.42 Å². The Kier molecular flexibility index (Phi) is 11.1. The Hall–Kier alpha value is -2.17. The molecule has 0 amide bonds. The highest BCUT2D eigenvalue weighted by Crippen LogP contribution is 2.25. The third-order valence-electron chi connectivity index (χ3n) is 8.29. The van der Waals surface area contributed by atoms with Crippen molar-refractivity contribution in [1.82, 2.24) is 25.5 Å². The predicted octanol–water partition coefficient (Wildman–Crippen LogP) is 2.53. The van der Waals surface area contributed by atoms with Crippen LogP contribution in [0.2, 0.25) is 0 Å². The SMILES string of the molecule is Nc1cc(N2CCN(CCC(=O)O)CC2)nc(NC[C@H]2CC[C@H](NCCCNC3CCCCC3)CC2)n1. The molecule has 10 nitrogen and oxygen atoms in total. The highest BCUT2D eigenvalue weighted by Gasteiger charge is 2.22. The van der Waals surface area contributed by atoms with E-state index >= 15 is 0 Å². The lowest BCUT2D eigenvalue weighted by Crippen LogP contribution is -2.47. The molecule has 6 N–H and O–H groups in total. The average Bonchev–Trinajstić information content (AvgIpc) is 2.92. The monoisotopic (exact) mass is 516 g/mol. The second-order valence-corrected chi connectivity index (χ2v) is 11.1. The van der Waals surface area contributed by atoms with Crippen LogP contribution < -0.4 is 26.6 Å². The van der Waals surface area contributed by atoms with Crippen LogP contribution in [-0.2, 0) is 4.79 Å². The van der Waals surface area contributed by atoms with Gasteiger partial charge < -0.3 is 31.7 Å². The minimum Gasteiger partial charge on any atom is -0.481 e. The number of nitrogens with zero attached hydrogens (tertiary/aromatic N) is 4. The van der Waals surface area contributed by atoms with Crippen molar-refractivity contribution in [3.63, 3.8) is 0 Å². The van der Waals surface area contributed by atoms with Gasteiger partial charge in [0, 0.05) is 57.4 Å². The van der Waals surface area contributed by atoms with E-state index in [0.29, 0.717) is 30.3 Å². The molecule has 0 unspecified atom stereocenters. The lowest BCUT2D eigenvalue weighted by molar-refractivity contribution is -0.137. The number of carboxylic acids is 1. The Bertz CT molecular complexity index is 819. The van der Waals surface area contributed by atoms with Gasteiger partial charge in [-0.15, -0.1) is 0 Å². The minimum absolute atomic E-state index is 0.185. The minimum atomic E-state index is -0.746. The number of aliphatic carboxylic acids is 1. The first kappa shape index (κ1) is 27.9. The summed E-state index contributed by atoms with van der Waals surface area (Å²) in [6.07, 6.45) is 13.2. The van der Waals surface area contributed by atoms with Crippen LogP contribution in [0.15, 0.2) is 6.07 Å². The quantitative estimate of drug-likeness (QED) is 0.249. The van der Waals surface area contributed by atoms with Crippen molar-refractivity contribution >= 4 is 23.6 Å². The zero-order valence-electron chi connectivity index (χ0n) is 22.5. The maximum Gasteiger partial charge on any atom is 0.304 e. The van der Waals surface area contributed by atoms with Gasteiger partial charge in [-0.3, -0.25) is 9.69 Å². The molecule has 0 spiro atoms. The molecule has 2 heterocycles. The fraction of sp³-hybridized carbons (Fsp3) is 0.815. The Morgan fingerprint density at radius 2 is 1.62 bits per heavy atom. The number of anilines is 3. The average molecular weight is 517 g/mol. The van der Waals surface area contributed by atoms with Gasteiger partial charge in [-0.05, 0) is 64.0 Å². The summed E-state index contributed by atoms with van der Waals surface area (Å²) in [5.74, 6) is 1.82. The van der Waals surface area contributed by atoms with Gasteiger partial charge in [0.1, 0.15) is 11.6 Å². The summed E-state index contributed by atoms with van der Waals surface area (Å²) in [5.41, 5.74) is 6.11. The first-order valence-electron chi connectivity index (χ1n) is 14.6. The fourth-order valence-electron chi connectivity index (χ4n) is 5.96. The Labute approximate surface area is 222 Å². The van der Waals surface area contributed by atoms with E-state index in [2.05, 4.69) is 30.7 Å². The Morgan fingerprint density at radius 1 is 0.946 bits per heavy atom. The summed E-state index contributed by atoms with van der Waals surface area (Å²) in [6, 6.07) is 3.24. The molecule has 3 aliphatic rings. The number of aromatic nitrogens is 2. The zero-order valence-corrected chi connectivity index (χ0v) is 22.5. The normalized spacial score (nSPS) is 23.7. The first-order chi connectivity index (χ1) is 18.0. The van der Waals surface area contributed by atoms with E-state index in [4.69, 9.17) is 15.8 Å². The third-order valence-corrected chi connectivity index (χ3v) is 8.29. The highest BCUT2D eigenvalue weighted by atomic mass is 16.4. The third kappa shape index (κ3) is 9.57. The Balaban J connectivity index is 1.11. The second-order valence-electron chi connectivity index (χ2n) is 11.1. The number of hydrogen-bond acceptors (Lipinski definition) is 9. The number of hydrogen-bond donors (Lipinski definition) is 5. The summed E-state index contributed by atoms with van der Waals surface area (Å²) in [7, 11) is 0. The van der Waals surface area contributed by atoms with Gasteiger partial charge in [-0.2, -0.15) is 9.97 Å². The van der Waals surface area contributed by atoms with Crippen molar-refractivity contribution in [3.05, 3.63) is 6.07 Å². The molecule has 1 aromatic heterocycles. The van der Waals surface area contributed by atoms with Gasteiger partial charge in [0.2, 0.25) is 5.95 Å². The highest BCUT2D eigenvalue weighted by molar-refractivity contribution is 5.66. The van der Waals surface area contributed by atoms with Crippen LogP contribution in [0.1, 0.15) is 70.6 Å². The van der Waals surface area contributed by atoms with Gasteiger partial charge in [-0.1, -0.05) is 19.3 Å². The van der Waals surface area contributed by atoms with E-state index in [1.54, 1.807) is 0 Å². The van der Waals surface area contributed by atoms with Crippen molar-refractivity contribution in [2.45, 2.75) is 82.7 Å². The predicted molar refractivity (Wildman–Crippen MR) is 149 cm³/mol. The number of carbonyl (C=O) groups is 1. The van der Waals surface area contributed by atoms with E-state index in [1.165, 1.54) is 64.2 Å². The number of carboxylic acid groups (broad SMARTS) is 1. The number of piperazine rings is 1. The van der Waals surface area contributed by atoms with Gasteiger partial charge in [0.15, 0.2) is 0 Å². The largest absolute Gasteiger partial charge is 0.481 e. The molecule has 1 aliphatic heterocycles. The molecule has 2 aliphatic carbocycles. The van der Waals surface area contributed by atoms with E-state index in [0.717, 1.165) is 57.7 Å². The van der Waals surface area contributed by atoms with Crippen LogP contribution in [0.4, 0.5) is 17.6 Å². The zero-order chi connectivity index (χ0) is 25.9. The first-order valence-corrected chi connectivity index (χ1v) is 14.6. The van der Waals surface area contributed by atoms with Crippen molar-refractivity contribution in [2.75, 3.05) is 68.3 Å². The summed E-state index contributed by atoms with van der Waals surface area (Å²) < 4.78 is 0. The van der Waals surface area contributed by atoms with Crippen LogP contribution >= 0.6 is 0 Å². The summed E-state index contributed by atoms with van der Waals surface area (Å²) >= 11 is 0. The molecule has 1 aromatic rings. The van der Waals surface area contributed by atoms with Crippen molar-refractivity contribution < 1.29 is 9.90 Å². The molecule has 1 saturated heterocycles. The lowest BCUT2D eigenvalue weighted by Gasteiger charge is -2.35. The standard InChI is InChI=1S/C27H48N8O2/c28-24-19-25(35-17-15-34(16-18-35)14-11-26(36)37)33-27(32-24)31-20-21-7-9-23(10-8-21)30-13-4-12-29-22-5-2-1-3-6-22/h19,21-23,29-30H,1-18,20H2,(H,36,37)(H3,28,31,32,33)/t21-,23-. The van der Waals surface area contributed by atoms with Crippen molar-refractivity contribution in [3.8, 4) is 0 Å². The van der Waals surface area contributed by atoms with Crippen LogP contribution in [0.25, 0.3) is 0 Å². The summed E-state index contributed by atoms with van der Waals surface area (Å²) in [4.78, 5) is 24.4. The van der Waals surface area contributed by atoms with E-state index in [-0.39, 0.29) is 6.42 Å².